The number of H-pyrrole nitrogens is 2. The molecular formula is C28H42N6O6. The molecule has 6 rings (SSSR count). The molecule has 0 atom stereocenters. The Bertz CT molecular complexity index is 1280. The van der Waals surface area contributed by atoms with Gasteiger partial charge in [-0.05, 0) is 43.9 Å². The van der Waals surface area contributed by atoms with E-state index in [1.54, 1.807) is 18.5 Å². The van der Waals surface area contributed by atoms with Gasteiger partial charge in [0.25, 0.3) is 5.56 Å². The highest BCUT2D eigenvalue weighted by Gasteiger charge is 2.39. The summed E-state index contributed by atoms with van der Waals surface area (Å²) in [6, 6.07) is 4.85. The van der Waals surface area contributed by atoms with Gasteiger partial charge in [-0.25, -0.2) is 14.5 Å². The molecule has 3 aromatic rings. The zero-order valence-electron chi connectivity index (χ0n) is 24.1. The summed E-state index contributed by atoms with van der Waals surface area (Å²) in [5.74, 6) is 1.01. The molecule has 3 aromatic heterocycles. The van der Waals surface area contributed by atoms with Crippen LogP contribution in [-0.2, 0) is 0 Å². The summed E-state index contributed by atoms with van der Waals surface area (Å²) in [6.45, 7) is 11.3. The van der Waals surface area contributed by atoms with Crippen molar-refractivity contribution in [1.29, 1.82) is 0 Å². The van der Waals surface area contributed by atoms with Gasteiger partial charge in [-0.15, -0.1) is 5.10 Å². The van der Waals surface area contributed by atoms with E-state index in [0.717, 1.165) is 17.2 Å². The summed E-state index contributed by atoms with van der Waals surface area (Å²) in [6.07, 6.45) is 12.2. The van der Waals surface area contributed by atoms with Gasteiger partial charge in [0.1, 0.15) is 0 Å². The Morgan fingerprint density at radius 3 is 1.85 bits per heavy atom. The van der Waals surface area contributed by atoms with Crippen LogP contribution in [0.2, 0.25) is 0 Å². The third-order valence-corrected chi connectivity index (χ3v) is 7.14. The van der Waals surface area contributed by atoms with Crippen LogP contribution >= 0.6 is 0 Å². The molecule has 3 aliphatic rings. The zero-order valence-corrected chi connectivity index (χ0v) is 24.1. The lowest BCUT2D eigenvalue weighted by Gasteiger charge is -2.07. The molecule has 0 amide bonds. The summed E-state index contributed by atoms with van der Waals surface area (Å²) >= 11 is 0. The second-order valence-corrected chi connectivity index (χ2v) is 11.9. The Morgan fingerprint density at radius 1 is 0.900 bits per heavy atom. The van der Waals surface area contributed by atoms with E-state index in [2.05, 4.69) is 41.2 Å². The van der Waals surface area contributed by atoms with Crippen LogP contribution in [0.3, 0.4) is 0 Å². The molecule has 0 aromatic carbocycles. The van der Waals surface area contributed by atoms with Crippen molar-refractivity contribution in [1.82, 2.24) is 29.8 Å². The van der Waals surface area contributed by atoms with Crippen molar-refractivity contribution in [3.05, 3.63) is 47.1 Å². The van der Waals surface area contributed by atoms with E-state index in [1.807, 2.05) is 6.07 Å². The van der Waals surface area contributed by atoms with E-state index in [0.29, 0.717) is 35.3 Å². The minimum atomic E-state index is -0.259. The first-order valence-corrected chi connectivity index (χ1v) is 13.6. The van der Waals surface area contributed by atoms with Crippen molar-refractivity contribution in [3.63, 3.8) is 0 Å². The molecule has 0 bridgehead atoms. The van der Waals surface area contributed by atoms with Gasteiger partial charge in [-0.2, -0.15) is 5.10 Å². The first kappa shape index (κ1) is 30.9. The van der Waals surface area contributed by atoms with Gasteiger partial charge in [-0.1, -0.05) is 20.8 Å². The number of aliphatic hydroxyl groups is 1. The summed E-state index contributed by atoms with van der Waals surface area (Å²) in [4.78, 5) is 31.7. The Labute approximate surface area is 234 Å². The van der Waals surface area contributed by atoms with Crippen molar-refractivity contribution in [2.45, 2.75) is 73.1 Å². The number of carbonyl (C=O) groups excluding carboxylic acids is 2. The summed E-state index contributed by atoms with van der Waals surface area (Å²) < 4.78 is 13.3. The Balaban J connectivity index is 0.000000153. The predicted molar refractivity (Wildman–Crippen MR) is 149 cm³/mol. The fourth-order valence-electron chi connectivity index (χ4n) is 2.99. The van der Waals surface area contributed by atoms with Crippen molar-refractivity contribution in [2.75, 3.05) is 19.8 Å². The van der Waals surface area contributed by atoms with Gasteiger partial charge in [0.2, 0.25) is 23.6 Å². The van der Waals surface area contributed by atoms with E-state index in [4.69, 9.17) is 14.6 Å². The highest BCUT2D eigenvalue weighted by Crippen LogP contribution is 2.45. The number of rotatable bonds is 7. The van der Waals surface area contributed by atoms with Gasteiger partial charge in [0, 0.05) is 61.9 Å². The molecule has 12 heteroatoms. The molecule has 3 N–H and O–H groups in total. The zero-order chi connectivity index (χ0) is 29.4. The average molecular weight is 559 g/mol. The molecule has 3 aliphatic carbocycles. The fourth-order valence-corrected chi connectivity index (χ4v) is 2.99. The van der Waals surface area contributed by atoms with Gasteiger partial charge < -0.3 is 14.6 Å². The maximum Gasteiger partial charge on any atom is 0.264 e. The van der Waals surface area contributed by atoms with Crippen molar-refractivity contribution >= 4 is 11.8 Å². The molecule has 0 unspecified atom stereocenters. The van der Waals surface area contributed by atoms with Crippen LogP contribution in [0.4, 0.5) is 0 Å². The van der Waals surface area contributed by atoms with Gasteiger partial charge in [0.05, 0.1) is 19.4 Å². The third kappa shape index (κ3) is 10.8. The van der Waals surface area contributed by atoms with E-state index in [9.17, 15) is 14.4 Å². The molecule has 3 fully saturated rings. The number of hydrogen-bond acceptors (Lipinski definition) is 8. The maximum absolute atomic E-state index is 10.9. The quantitative estimate of drug-likeness (QED) is 0.394. The standard InChI is InChI=1S/C10H14N2O2.C8H12N2O.C5H6N2O2.C5H10O/c1-8(13)12-6-3-9(11-12)14-7-10(2)4-5-10;1-8(3-4-8)6-11-7-2-5-9-10-7;1-4(8)7-3-2-5(9)6-7;1-5(4-6)2-3-5/h3,6H,4-5,7H2,1-2H3;2,5H,3-4,6H2,1H3,(H,9,10);2-3H,1H3,(H,6,9);6H,2-4H2,1H3. The largest absolute Gasteiger partial charge is 0.477 e. The SMILES string of the molecule is CC(=O)n1ccc(=O)[nH]1.CC(=O)n1ccc(OCC2(C)CC2)n1.CC1(CO)CC1.CC1(COc2ccn[nH]2)CC1. The Hall–Kier alpha value is -3.67. The van der Waals surface area contributed by atoms with E-state index in [-0.39, 0.29) is 17.4 Å². The topological polar surface area (TPSA) is 157 Å². The monoisotopic (exact) mass is 558 g/mol. The number of carbonyl (C=O) groups is 2. The van der Waals surface area contributed by atoms with Crippen LogP contribution in [0.15, 0.2) is 41.6 Å². The second-order valence-electron chi connectivity index (χ2n) is 11.9. The molecular weight excluding hydrogens is 516 g/mol. The molecule has 0 radical (unpaired) electrons. The van der Waals surface area contributed by atoms with Crippen molar-refractivity contribution < 1.29 is 24.2 Å². The Morgan fingerprint density at radius 2 is 1.50 bits per heavy atom. The van der Waals surface area contributed by atoms with Gasteiger partial charge >= 0.3 is 0 Å². The van der Waals surface area contributed by atoms with Crippen molar-refractivity contribution in [2.24, 2.45) is 16.2 Å². The number of ether oxygens (including phenoxy) is 2. The molecule has 220 valence electrons. The molecule has 0 aliphatic heterocycles. The molecule has 12 nitrogen and oxygen atoms in total. The molecule has 0 saturated heterocycles. The predicted octanol–water partition coefficient (Wildman–Crippen LogP) is 3.93. The minimum absolute atomic E-state index is 0.0996. The smallest absolute Gasteiger partial charge is 0.264 e. The number of nitrogens with one attached hydrogen (secondary N) is 2. The lowest BCUT2D eigenvalue weighted by molar-refractivity contribution is 0.0911. The lowest BCUT2D eigenvalue weighted by atomic mass is 10.2. The molecule has 0 spiro atoms. The Kier molecular flexibility index (Phi) is 10.1. The summed E-state index contributed by atoms with van der Waals surface area (Å²) in [5, 5.41) is 21.3. The molecule has 3 saturated carbocycles. The van der Waals surface area contributed by atoms with Gasteiger partial charge in [-0.3, -0.25) is 19.5 Å². The normalized spacial score (nSPS) is 17.9. The van der Waals surface area contributed by atoms with Crippen LogP contribution < -0.4 is 15.0 Å². The van der Waals surface area contributed by atoms with Crippen LogP contribution in [0, 0.1) is 16.2 Å². The third-order valence-electron chi connectivity index (χ3n) is 7.14. The van der Waals surface area contributed by atoms with Crippen LogP contribution in [0.1, 0.15) is 82.7 Å². The van der Waals surface area contributed by atoms with Crippen LogP contribution in [0.5, 0.6) is 11.8 Å². The molecule has 40 heavy (non-hydrogen) atoms. The van der Waals surface area contributed by atoms with Gasteiger partial charge in [0.15, 0.2) is 0 Å². The summed E-state index contributed by atoms with van der Waals surface area (Å²) in [5.41, 5.74) is 0.885. The van der Waals surface area contributed by atoms with E-state index >= 15 is 0 Å². The van der Waals surface area contributed by atoms with E-state index < -0.39 is 0 Å². The number of aromatic amines is 2. The first-order valence-electron chi connectivity index (χ1n) is 13.6. The number of aromatic nitrogens is 6. The second kappa shape index (κ2) is 13.1. The number of aliphatic hydroxyl groups excluding tert-OH is 1. The van der Waals surface area contributed by atoms with Crippen molar-refractivity contribution in [3.8, 4) is 11.8 Å². The lowest BCUT2D eigenvalue weighted by Crippen LogP contribution is -2.10. The van der Waals surface area contributed by atoms with Crippen LogP contribution in [0.25, 0.3) is 0 Å². The number of nitrogens with zero attached hydrogens (tertiary/aromatic N) is 4. The average Bonchev–Trinajstić information content (AvgIpc) is 3.81. The number of hydrogen-bond donors (Lipinski definition) is 3. The highest BCUT2D eigenvalue weighted by molar-refractivity contribution is 5.75. The highest BCUT2D eigenvalue weighted by atomic mass is 16.5. The fraction of sp³-hybridized carbons (Fsp3) is 0.607. The minimum Gasteiger partial charge on any atom is -0.477 e. The van der Waals surface area contributed by atoms with E-state index in [1.165, 1.54) is 69.3 Å². The molecule has 3 heterocycles. The first-order chi connectivity index (χ1) is 18.8. The summed E-state index contributed by atoms with van der Waals surface area (Å²) in [7, 11) is 0. The van der Waals surface area contributed by atoms with Crippen LogP contribution in [-0.4, -0.2) is 66.5 Å². The maximum atomic E-state index is 10.9.